The molecule has 4 heteroatoms. The average Bonchev–Trinajstić information content (AvgIpc) is 2.67. The Labute approximate surface area is 89.0 Å². The Bertz CT molecular complexity index is 447. The minimum Gasteiger partial charge on any atom is -0.314 e. The molecule has 0 aromatic carbocycles. The Kier molecular flexibility index (Phi) is 2.78. The zero-order valence-corrected chi connectivity index (χ0v) is 8.94. The second-order valence-corrected chi connectivity index (χ2v) is 3.50. The summed E-state index contributed by atoms with van der Waals surface area (Å²) < 4.78 is 1.84. The summed E-state index contributed by atoms with van der Waals surface area (Å²) in [6, 6.07) is 4.06. The molecule has 0 bridgehead atoms. The monoisotopic (exact) mass is 202 g/mol. The van der Waals surface area contributed by atoms with E-state index in [4.69, 9.17) is 0 Å². The highest BCUT2D eigenvalue weighted by molar-refractivity contribution is 5.30. The molecule has 0 atom stereocenters. The number of rotatable bonds is 3. The van der Waals surface area contributed by atoms with Crippen molar-refractivity contribution in [3.8, 4) is 5.69 Å². The van der Waals surface area contributed by atoms with Crippen LogP contribution in [0.4, 0.5) is 0 Å². The number of hydrogen-bond donors (Lipinski definition) is 1. The van der Waals surface area contributed by atoms with E-state index >= 15 is 0 Å². The summed E-state index contributed by atoms with van der Waals surface area (Å²) in [5.41, 5.74) is 3.16. The first-order chi connectivity index (χ1) is 7.29. The van der Waals surface area contributed by atoms with Gasteiger partial charge in [0.2, 0.25) is 0 Å². The molecule has 0 spiro atoms. The standard InChI is InChI=1S/C11H14N4/c1-9-5-11(8-13-6-9)15-4-3-10(14-15)7-12-2/h3-6,8,12H,7H2,1-2H3. The number of hydrogen-bond acceptors (Lipinski definition) is 3. The lowest BCUT2D eigenvalue weighted by Gasteiger charge is -2.01. The summed E-state index contributed by atoms with van der Waals surface area (Å²) in [5.74, 6) is 0. The molecule has 4 nitrogen and oxygen atoms in total. The van der Waals surface area contributed by atoms with E-state index in [1.165, 1.54) is 0 Å². The first kappa shape index (κ1) is 9.86. The molecular weight excluding hydrogens is 188 g/mol. The van der Waals surface area contributed by atoms with Gasteiger partial charge in [-0.1, -0.05) is 0 Å². The molecule has 0 aliphatic heterocycles. The van der Waals surface area contributed by atoms with Gasteiger partial charge in [-0.15, -0.1) is 0 Å². The number of pyridine rings is 1. The molecular formula is C11H14N4. The van der Waals surface area contributed by atoms with Gasteiger partial charge in [-0.3, -0.25) is 4.98 Å². The molecule has 0 saturated carbocycles. The highest BCUT2D eigenvalue weighted by Gasteiger charge is 2.00. The minimum absolute atomic E-state index is 0.784. The molecule has 2 aromatic rings. The van der Waals surface area contributed by atoms with Gasteiger partial charge in [0.05, 0.1) is 17.6 Å². The van der Waals surface area contributed by atoms with Crippen molar-refractivity contribution >= 4 is 0 Å². The quantitative estimate of drug-likeness (QED) is 0.815. The number of nitrogens with one attached hydrogen (secondary N) is 1. The molecule has 0 aliphatic rings. The van der Waals surface area contributed by atoms with Gasteiger partial charge in [0.1, 0.15) is 0 Å². The Hall–Kier alpha value is -1.68. The van der Waals surface area contributed by atoms with Crippen LogP contribution in [0.2, 0.25) is 0 Å². The van der Waals surface area contributed by atoms with Crippen molar-refractivity contribution in [2.24, 2.45) is 0 Å². The normalized spacial score (nSPS) is 10.5. The van der Waals surface area contributed by atoms with E-state index < -0.39 is 0 Å². The van der Waals surface area contributed by atoms with E-state index in [-0.39, 0.29) is 0 Å². The maximum Gasteiger partial charge on any atom is 0.0831 e. The van der Waals surface area contributed by atoms with Crippen LogP contribution in [0, 0.1) is 6.92 Å². The first-order valence-electron chi connectivity index (χ1n) is 4.91. The van der Waals surface area contributed by atoms with E-state index in [1.54, 1.807) is 0 Å². The van der Waals surface area contributed by atoms with E-state index in [1.807, 2.05) is 43.3 Å². The average molecular weight is 202 g/mol. The molecule has 15 heavy (non-hydrogen) atoms. The van der Waals surface area contributed by atoms with Crippen LogP contribution in [0.1, 0.15) is 11.3 Å². The predicted octanol–water partition coefficient (Wildman–Crippen LogP) is 1.30. The molecule has 0 aliphatic carbocycles. The van der Waals surface area contributed by atoms with Gasteiger partial charge in [0.15, 0.2) is 0 Å². The van der Waals surface area contributed by atoms with Gasteiger partial charge in [-0.25, -0.2) is 4.68 Å². The fraction of sp³-hybridized carbons (Fsp3) is 0.273. The van der Waals surface area contributed by atoms with Crippen molar-refractivity contribution in [3.63, 3.8) is 0 Å². The maximum absolute atomic E-state index is 4.43. The second-order valence-electron chi connectivity index (χ2n) is 3.50. The lowest BCUT2D eigenvalue weighted by Crippen LogP contribution is -2.06. The van der Waals surface area contributed by atoms with Crippen LogP contribution in [0.25, 0.3) is 5.69 Å². The molecule has 0 saturated heterocycles. The third-order valence-electron chi connectivity index (χ3n) is 2.13. The van der Waals surface area contributed by atoms with Crippen LogP contribution in [0.15, 0.2) is 30.7 Å². The second kappa shape index (κ2) is 4.23. The molecule has 2 aromatic heterocycles. The maximum atomic E-state index is 4.43. The molecule has 2 rings (SSSR count). The van der Waals surface area contributed by atoms with Crippen molar-refractivity contribution in [1.82, 2.24) is 20.1 Å². The Morgan fingerprint density at radius 2 is 2.27 bits per heavy atom. The van der Waals surface area contributed by atoms with Crippen LogP contribution < -0.4 is 5.32 Å². The molecule has 78 valence electrons. The van der Waals surface area contributed by atoms with Crippen LogP contribution in [0.5, 0.6) is 0 Å². The highest BCUT2D eigenvalue weighted by atomic mass is 15.3. The van der Waals surface area contributed by atoms with Crippen molar-refractivity contribution in [1.29, 1.82) is 0 Å². The van der Waals surface area contributed by atoms with Gasteiger partial charge in [-0.2, -0.15) is 5.10 Å². The summed E-state index contributed by atoms with van der Waals surface area (Å²) in [5, 5.41) is 7.49. The van der Waals surface area contributed by atoms with Crippen molar-refractivity contribution in [2.45, 2.75) is 13.5 Å². The summed E-state index contributed by atoms with van der Waals surface area (Å²) in [4.78, 5) is 4.14. The topological polar surface area (TPSA) is 42.7 Å². The van der Waals surface area contributed by atoms with E-state index in [0.29, 0.717) is 0 Å². The van der Waals surface area contributed by atoms with E-state index in [0.717, 1.165) is 23.5 Å². The summed E-state index contributed by atoms with van der Waals surface area (Å²) in [7, 11) is 1.91. The SMILES string of the molecule is CNCc1ccn(-c2cncc(C)c2)n1. The number of aromatic nitrogens is 3. The van der Waals surface area contributed by atoms with Gasteiger partial charge < -0.3 is 5.32 Å². The van der Waals surface area contributed by atoms with Crippen LogP contribution in [-0.2, 0) is 6.54 Å². The molecule has 0 radical (unpaired) electrons. The summed E-state index contributed by atoms with van der Waals surface area (Å²) in [6.07, 6.45) is 5.59. The lowest BCUT2D eigenvalue weighted by atomic mass is 10.3. The largest absolute Gasteiger partial charge is 0.314 e. The van der Waals surface area contributed by atoms with Crippen LogP contribution in [-0.4, -0.2) is 21.8 Å². The first-order valence-corrected chi connectivity index (χ1v) is 4.91. The molecule has 2 heterocycles. The molecule has 0 amide bonds. The third kappa shape index (κ3) is 2.22. The van der Waals surface area contributed by atoms with E-state index in [2.05, 4.69) is 21.5 Å². The Morgan fingerprint density at radius 3 is 3.00 bits per heavy atom. The zero-order valence-electron chi connectivity index (χ0n) is 8.94. The van der Waals surface area contributed by atoms with Gasteiger partial charge in [0, 0.05) is 18.9 Å². The van der Waals surface area contributed by atoms with Crippen molar-refractivity contribution in [3.05, 3.63) is 42.0 Å². The number of aryl methyl sites for hydroxylation is 1. The third-order valence-corrected chi connectivity index (χ3v) is 2.13. The lowest BCUT2D eigenvalue weighted by molar-refractivity contribution is 0.755. The van der Waals surface area contributed by atoms with Gasteiger partial charge in [-0.05, 0) is 31.7 Å². The van der Waals surface area contributed by atoms with Gasteiger partial charge >= 0.3 is 0 Å². The Morgan fingerprint density at radius 1 is 1.40 bits per heavy atom. The molecule has 0 unspecified atom stereocenters. The van der Waals surface area contributed by atoms with Crippen LogP contribution >= 0.6 is 0 Å². The number of nitrogens with zero attached hydrogens (tertiary/aromatic N) is 3. The molecule has 1 N–H and O–H groups in total. The summed E-state index contributed by atoms with van der Waals surface area (Å²) in [6.45, 7) is 2.81. The minimum atomic E-state index is 0.784. The zero-order chi connectivity index (χ0) is 10.7. The van der Waals surface area contributed by atoms with Crippen molar-refractivity contribution in [2.75, 3.05) is 7.05 Å². The fourth-order valence-electron chi connectivity index (χ4n) is 1.45. The Balaban J connectivity index is 2.29. The smallest absolute Gasteiger partial charge is 0.0831 e. The van der Waals surface area contributed by atoms with Crippen molar-refractivity contribution < 1.29 is 0 Å². The predicted molar refractivity (Wildman–Crippen MR) is 58.9 cm³/mol. The van der Waals surface area contributed by atoms with Crippen LogP contribution in [0.3, 0.4) is 0 Å². The highest BCUT2D eigenvalue weighted by Crippen LogP contribution is 2.07. The van der Waals surface area contributed by atoms with E-state index in [9.17, 15) is 0 Å². The fourth-order valence-corrected chi connectivity index (χ4v) is 1.45. The van der Waals surface area contributed by atoms with Gasteiger partial charge in [0.25, 0.3) is 0 Å². The molecule has 0 fully saturated rings. The summed E-state index contributed by atoms with van der Waals surface area (Å²) >= 11 is 0.